The van der Waals surface area contributed by atoms with Crippen molar-refractivity contribution in [1.82, 2.24) is 25.1 Å². The van der Waals surface area contributed by atoms with Gasteiger partial charge in [0.25, 0.3) is 0 Å². The Morgan fingerprint density at radius 2 is 1.95 bits per heavy atom. The van der Waals surface area contributed by atoms with Crippen molar-refractivity contribution < 1.29 is 0 Å². The van der Waals surface area contributed by atoms with E-state index in [1.807, 2.05) is 30.2 Å². The molecule has 3 rings (SSSR count). The monoisotopic (exact) mass is 267 g/mol. The number of rotatable bonds is 4. The number of aryl methyl sites for hydroxylation is 1. The van der Waals surface area contributed by atoms with Crippen molar-refractivity contribution in [3.63, 3.8) is 0 Å². The molecule has 0 aliphatic rings. The van der Waals surface area contributed by atoms with Gasteiger partial charge in [0.15, 0.2) is 0 Å². The van der Waals surface area contributed by atoms with Crippen LogP contribution >= 0.6 is 0 Å². The molecule has 5 nitrogen and oxygen atoms in total. The van der Waals surface area contributed by atoms with Gasteiger partial charge >= 0.3 is 0 Å². The smallest absolute Gasteiger partial charge is 0.0890 e. The molecule has 102 valence electrons. The molecule has 3 aromatic rings. The van der Waals surface area contributed by atoms with Gasteiger partial charge in [-0.05, 0) is 24.2 Å². The summed E-state index contributed by atoms with van der Waals surface area (Å²) in [6.45, 7) is 2.99. The second-order valence-corrected chi connectivity index (χ2v) is 4.74. The Hall–Kier alpha value is -2.27. The lowest BCUT2D eigenvalue weighted by atomic mass is 10.0. The zero-order valence-corrected chi connectivity index (χ0v) is 11.6. The molecular formula is C15H17N5. The average molecular weight is 267 g/mol. The molecule has 0 aliphatic heterocycles. The molecule has 1 atom stereocenters. The van der Waals surface area contributed by atoms with Crippen molar-refractivity contribution in [2.75, 3.05) is 6.54 Å². The predicted molar refractivity (Wildman–Crippen MR) is 78.3 cm³/mol. The van der Waals surface area contributed by atoms with Crippen LogP contribution in [0.25, 0.3) is 11.0 Å². The fourth-order valence-electron chi connectivity index (χ4n) is 2.38. The molecule has 0 amide bonds. The first-order valence-electron chi connectivity index (χ1n) is 6.70. The summed E-state index contributed by atoms with van der Waals surface area (Å²) in [6.07, 6.45) is 7.37. The molecule has 1 N–H and O–H groups in total. The van der Waals surface area contributed by atoms with E-state index in [0.717, 1.165) is 23.1 Å². The SMILES string of the molecule is CCNC(c1ccc2nccnc2c1)c1cnn(C)c1. The number of fused-ring (bicyclic) bond motifs is 1. The number of nitrogens with one attached hydrogen (secondary N) is 1. The largest absolute Gasteiger partial charge is 0.306 e. The molecule has 2 aromatic heterocycles. The van der Waals surface area contributed by atoms with Gasteiger partial charge in [-0.2, -0.15) is 5.10 Å². The van der Waals surface area contributed by atoms with Gasteiger partial charge in [-0.15, -0.1) is 0 Å². The van der Waals surface area contributed by atoms with Crippen molar-refractivity contribution in [3.8, 4) is 0 Å². The molecule has 0 bridgehead atoms. The zero-order chi connectivity index (χ0) is 13.9. The third kappa shape index (κ3) is 2.40. The maximum absolute atomic E-state index is 4.37. The summed E-state index contributed by atoms with van der Waals surface area (Å²) in [5.74, 6) is 0. The molecule has 0 saturated carbocycles. The highest BCUT2D eigenvalue weighted by Gasteiger charge is 2.15. The minimum absolute atomic E-state index is 0.125. The molecule has 2 heterocycles. The second kappa shape index (κ2) is 5.38. The van der Waals surface area contributed by atoms with E-state index in [-0.39, 0.29) is 6.04 Å². The van der Waals surface area contributed by atoms with E-state index in [1.165, 1.54) is 5.56 Å². The van der Waals surface area contributed by atoms with Crippen LogP contribution in [0.5, 0.6) is 0 Å². The first-order chi connectivity index (χ1) is 9.78. The predicted octanol–water partition coefficient (Wildman–Crippen LogP) is 2.06. The van der Waals surface area contributed by atoms with Crippen LogP contribution < -0.4 is 5.32 Å². The first-order valence-corrected chi connectivity index (χ1v) is 6.70. The van der Waals surface area contributed by atoms with Crippen LogP contribution in [0, 0.1) is 0 Å². The average Bonchev–Trinajstić information content (AvgIpc) is 2.90. The van der Waals surface area contributed by atoms with Gasteiger partial charge in [-0.1, -0.05) is 13.0 Å². The number of hydrogen-bond acceptors (Lipinski definition) is 4. The topological polar surface area (TPSA) is 55.6 Å². The summed E-state index contributed by atoms with van der Waals surface area (Å²) < 4.78 is 1.82. The van der Waals surface area contributed by atoms with E-state index in [9.17, 15) is 0 Å². The summed E-state index contributed by atoms with van der Waals surface area (Å²) in [4.78, 5) is 8.68. The van der Waals surface area contributed by atoms with Crippen LogP contribution in [-0.4, -0.2) is 26.3 Å². The Labute approximate surface area is 117 Å². The molecule has 0 fully saturated rings. The minimum atomic E-state index is 0.125. The van der Waals surface area contributed by atoms with Gasteiger partial charge in [-0.3, -0.25) is 14.6 Å². The van der Waals surface area contributed by atoms with Gasteiger partial charge in [0.1, 0.15) is 0 Å². The van der Waals surface area contributed by atoms with Crippen LogP contribution in [0.1, 0.15) is 24.1 Å². The Balaban J connectivity index is 2.04. The molecule has 20 heavy (non-hydrogen) atoms. The van der Waals surface area contributed by atoms with Crippen molar-refractivity contribution in [3.05, 3.63) is 54.1 Å². The van der Waals surface area contributed by atoms with Crippen LogP contribution in [-0.2, 0) is 7.05 Å². The van der Waals surface area contributed by atoms with Gasteiger partial charge in [0.2, 0.25) is 0 Å². The van der Waals surface area contributed by atoms with Crippen LogP contribution in [0.3, 0.4) is 0 Å². The fourth-order valence-corrected chi connectivity index (χ4v) is 2.38. The Morgan fingerprint density at radius 3 is 2.65 bits per heavy atom. The van der Waals surface area contributed by atoms with Crippen LogP contribution in [0.4, 0.5) is 0 Å². The number of benzene rings is 1. The Bertz CT molecular complexity index is 719. The van der Waals surface area contributed by atoms with Gasteiger partial charge in [-0.25, -0.2) is 0 Å². The highest BCUT2D eigenvalue weighted by Crippen LogP contribution is 2.23. The maximum atomic E-state index is 4.37. The standard InChI is InChI=1S/C15H17N5/c1-3-16-15(12-9-19-20(2)10-12)11-4-5-13-14(8-11)18-7-6-17-13/h4-10,15-16H,3H2,1-2H3. The third-order valence-corrected chi connectivity index (χ3v) is 3.29. The lowest BCUT2D eigenvalue weighted by Crippen LogP contribution is -2.21. The van der Waals surface area contributed by atoms with E-state index in [1.54, 1.807) is 12.4 Å². The molecule has 0 aliphatic carbocycles. The van der Waals surface area contributed by atoms with E-state index >= 15 is 0 Å². The normalized spacial score (nSPS) is 12.7. The number of aromatic nitrogens is 4. The number of hydrogen-bond donors (Lipinski definition) is 1. The molecule has 5 heteroatoms. The van der Waals surface area contributed by atoms with E-state index in [4.69, 9.17) is 0 Å². The summed E-state index contributed by atoms with van der Waals surface area (Å²) in [5.41, 5.74) is 4.15. The van der Waals surface area contributed by atoms with E-state index in [2.05, 4.69) is 39.4 Å². The molecule has 0 saturated heterocycles. The Morgan fingerprint density at radius 1 is 1.15 bits per heavy atom. The maximum Gasteiger partial charge on any atom is 0.0890 e. The minimum Gasteiger partial charge on any atom is -0.306 e. The molecular weight excluding hydrogens is 250 g/mol. The van der Waals surface area contributed by atoms with Crippen LogP contribution in [0.2, 0.25) is 0 Å². The fraction of sp³-hybridized carbons (Fsp3) is 0.267. The summed E-state index contributed by atoms with van der Waals surface area (Å²) in [5, 5.41) is 7.75. The summed E-state index contributed by atoms with van der Waals surface area (Å²) in [6, 6.07) is 6.32. The third-order valence-electron chi connectivity index (χ3n) is 3.29. The quantitative estimate of drug-likeness (QED) is 0.786. The van der Waals surface area contributed by atoms with Crippen molar-refractivity contribution >= 4 is 11.0 Å². The Kier molecular flexibility index (Phi) is 3.43. The zero-order valence-electron chi connectivity index (χ0n) is 11.6. The summed E-state index contributed by atoms with van der Waals surface area (Å²) in [7, 11) is 1.93. The summed E-state index contributed by atoms with van der Waals surface area (Å²) >= 11 is 0. The van der Waals surface area contributed by atoms with Gasteiger partial charge in [0.05, 0.1) is 23.3 Å². The van der Waals surface area contributed by atoms with E-state index < -0.39 is 0 Å². The highest BCUT2D eigenvalue weighted by molar-refractivity contribution is 5.74. The highest BCUT2D eigenvalue weighted by atomic mass is 15.2. The lowest BCUT2D eigenvalue weighted by molar-refractivity contribution is 0.630. The molecule has 0 radical (unpaired) electrons. The van der Waals surface area contributed by atoms with Gasteiger partial charge < -0.3 is 5.32 Å². The molecule has 1 aromatic carbocycles. The van der Waals surface area contributed by atoms with Crippen LogP contribution in [0.15, 0.2) is 43.0 Å². The second-order valence-electron chi connectivity index (χ2n) is 4.74. The van der Waals surface area contributed by atoms with Crippen molar-refractivity contribution in [2.45, 2.75) is 13.0 Å². The number of nitrogens with zero attached hydrogens (tertiary/aromatic N) is 4. The molecule has 0 spiro atoms. The molecule has 1 unspecified atom stereocenters. The van der Waals surface area contributed by atoms with Gasteiger partial charge in [0, 0.05) is 31.2 Å². The lowest BCUT2D eigenvalue weighted by Gasteiger charge is -2.17. The van der Waals surface area contributed by atoms with E-state index in [0.29, 0.717) is 0 Å². The van der Waals surface area contributed by atoms with Crippen molar-refractivity contribution in [2.24, 2.45) is 7.05 Å². The first kappa shape index (κ1) is 12.7. The van der Waals surface area contributed by atoms with Crippen molar-refractivity contribution in [1.29, 1.82) is 0 Å².